The van der Waals surface area contributed by atoms with Crippen molar-refractivity contribution in [3.05, 3.63) is 95.6 Å². The number of carbonyl (C=O) groups excluding carboxylic acids is 2. The second-order valence-electron chi connectivity index (χ2n) is 12.9. The predicted molar refractivity (Wildman–Crippen MR) is 160 cm³/mol. The van der Waals surface area contributed by atoms with Crippen molar-refractivity contribution in [1.29, 1.82) is 0 Å². The van der Waals surface area contributed by atoms with E-state index in [1.807, 2.05) is 30.3 Å². The Hall–Kier alpha value is -3.56. The molecule has 3 saturated carbocycles. The molecule has 3 aromatic rings. The van der Waals surface area contributed by atoms with Gasteiger partial charge in [0.25, 0.3) is 5.91 Å². The molecule has 2 bridgehead atoms. The van der Waals surface area contributed by atoms with Crippen LogP contribution in [-0.2, 0) is 26.9 Å². The van der Waals surface area contributed by atoms with Crippen LogP contribution in [0.2, 0.25) is 0 Å². The van der Waals surface area contributed by atoms with Gasteiger partial charge in [-0.25, -0.2) is 4.98 Å². The van der Waals surface area contributed by atoms with Crippen LogP contribution in [0.3, 0.4) is 0 Å². The van der Waals surface area contributed by atoms with Crippen molar-refractivity contribution in [3.63, 3.8) is 0 Å². The summed E-state index contributed by atoms with van der Waals surface area (Å²) in [6.45, 7) is 8.91. The lowest BCUT2D eigenvalue weighted by Crippen LogP contribution is -2.65. The highest BCUT2D eigenvalue weighted by Crippen LogP contribution is 2.65. The van der Waals surface area contributed by atoms with Gasteiger partial charge in [-0.15, -0.1) is 0 Å². The molecule has 1 unspecified atom stereocenters. The van der Waals surface area contributed by atoms with E-state index in [1.165, 1.54) is 24.2 Å². The average molecular weight is 567 g/mol. The highest BCUT2D eigenvalue weighted by atomic mass is 16.7. The van der Waals surface area contributed by atoms with Crippen molar-refractivity contribution in [2.45, 2.75) is 77.1 Å². The maximum Gasteiger partial charge on any atom is 0.482 e. The Balaban J connectivity index is 1.25. The summed E-state index contributed by atoms with van der Waals surface area (Å²) in [7, 11) is -0.603. The van der Waals surface area contributed by atoms with Gasteiger partial charge in [-0.1, -0.05) is 74.0 Å². The van der Waals surface area contributed by atoms with Crippen LogP contribution in [0.25, 0.3) is 0 Å². The molecule has 4 aliphatic rings. The SMILES string of the molecule is Cc1ccc(C[C@H](NC(=O)[C@H](Cc2ccccc2)NC(=O)c2cnccn2)B2OC3C[C@@H]4C[C@@H](C4(C)C)[C@]3(C)O2)cc1. The number of nitrogens with zero attached hydrogens (tertiary/aromatic N) is 2. The van der Waals surface area contributed by atoms with Crippen LogP contribution in [0.15, 0.2) is 73.2 Å². The number of carbonyl (C=O) groups is 2. The average Bonchev–Trinajstić information content (AvgIpc) is 3.35. The summed E-state index contributed by atoms with van der Waals surface area (Å²) in [5.41, 5.74) is 3.14. The van der Waals surface area contributed by atoms with Gasteiger partial charge in [-0.05, 0) is 61.5 Å². The summed E-state index contributed by atoms with van der Waals surface area (Å²) in [4.78, 5) is 35.2. The highest BCUT2D eigenvalue weighted by molar-refractivity contribution is 6.48. The van der Waals surface area contributed by atoms with Crippen molar-refractivity contribution in [2.75, 3.05) is 0 Å². The number of amides is 2. The summed E-state index contributed by atoms with van der Waals surface area (Å²) in [6, 6.07) is 17.1. The number of aromatic nitrogens is 2. The summed E-state index contributed by atoms with van der Waals surface area (Å²) >= 11 is 0. The summed E-state index contributed by atoms with van der Waals surface area (Å²) in [5, 5.41) is 6.13. The van der Waals surface area contributed by atoms with Gasteiger partial charge in [0, 0.05) is 18.8 Å². The van der Waals surface area contributed by atoms with Crippen LogP contribution in [0.1, 0.15) is 60.8 Å². The van der Waals surface area contributed by atoms with Gasteiger partial charge < -0.3 is 19.9 Å². The molecule has 2 N–H and O–H groups in total. The van der Waals surface area contributed by atoms with E-state index in [0.29, 0.717) is 24.7 Å². The molecule has 1 aliphatic heterocycles. The lowest BCUT2D eigenvalue weighted by atomic mass is 9.43. The van der Waals surface area contributed by atoms with Crippen molar-refractivity contribution < 1.29 is 18.9 Å². The monoisotopic (exact) mass is 566 g/mol. The fourth-order valence-corrected chi connectivity index (χ4v) is 7.26. The minimum Gasteiger partial charge on any atom is -0.404 e. The van der Waals surface area contributed by atoms with Gasteiger partial charge in [0.2, 0.25) is 5.91 Å². The molecule has 2 heterocycles. The zero-order valence-electron chi connectivity index (χ0n) is 24.7. The number of hydrogen-bond acceptors (Lipinski definition) is 6. The molecule has 0 spiro atoms. The van der Waals surface area contributed by atoms with E-state index in [0.717, 1.165) is 24.0 Å². The van der Waals surface area contributed by atoms with Crippen LogP contribution >= 0.6 is 0 Å². The third kappa shape index (κ3) is 5.48. The Labute approximate surface area is 248 Å². The standard InChI is InChI=1S/C33H39BN4O4/c1-21-10-12-23(13-11-21)17-29(34-41-28-19-24-18-27(32(24,2)3)33(28,4)42-34)38-30(39)25(16-22-8-6-5-7-9-22)37-31(40)26-20-35-14-15-36-26/h5-15,20,24-25,27-29H,16-19H2,1-4H3,(H,37,40)(H,38,39)/t24-,25-,27-,28?,29-,33-/m0/s1. The minimum absolute atomic E-state index is 0.00633. The van der Waals surface area contributed by atoms with Crippen molar-refractivity contribution >= 4 is 18.9 Å². The summed E-state index contributed by atoms with van der Waals surface area (Å²) in [5.74, 6) is -0.172. The fraction of sp³-hybridized carbons (Fsp3) is 0.455. The Morgan fingerprint density at radius 3 is 2.40 bits per heavy atom. The zero-order chi connectivity index (χ0) is 29.5. The number of hydrogen-bond donors (Lipinski definition) is 2. The zero-order valence-corrected chi connectivity index (χ0v) is 24.7. The molecule has 7 rings (SSSR count). The van der Waals surface area contributed by atoms with E-state index in [9.17, 15) is 9.59 Å². The smallest absolute Gasteiger partial charge is 0.404 e. The van der Waals surface area contributed by atoms with Crippen molar-refractivity contribution in [1.82, 2.24) is 20.6 Å². The second-order valence-corrected chi connectivity index (χ2v) is 12.9. The number of benzene rings is 2. The van der Waals surface area contributed by atoms with Crippen molar-refractivity contribution in [3.8, 4) is 0 Å². The summed E-state index contributed by atoms with van der Waals surface area (Å²) in [6.07, 6.45) is 7.32. The maximum absolute atomic E-state index is 14.0. The molecule has 8 nitrogen and oxygen atoms in total. The third-order valence-corrected chi connectivity index (χ3v) is 9.90. The molecule has 218 valence electrons. The first-order chi connectivity index (χ1) is 20.1. The van der Waals surface area contributed by atoms with Gasteiger partial charge in [0.1, 0.15) is 11.7 Å². The largest absolute Gasteiger partial charge is 0.482 e. The van der Waals surface area contributed by atoms with Crippen LogP contribution in [0.4, 0.5) is 0 Å². The van der Waals surface area contributed by atoms with Crippen LogP contribution in [0, 0.1) is 24.2 Å². The van der Waals surface area contributed by atoms with E-state index in [-0.39, 0.29) is 23.1 Å². The van der Waals surface area contributed by atoms with E-state index < -0.39 is 30.6 Å². The first-order valence-electron chi connectivity index (χ1n) is 14.9. The Kier molecular flexibility index (Phi) is 7.66. The van der Waals surface area contributed by atoms with Gasteiger partial charge in [0.05, 0.1) is 23.8 Å². The topological polar surface area (TPSA) is 102 Å². The van der Waals surface area contributed by atoms with Gasteiger partial charge in [-0.3, -0.25) is 14.6 Å². The van der Waals surface area contributed by atoms with Crippen molar-refractivity contribution in [2.24, 2.45) is 17.3 Å². The van der Waals surface area contributed by atoms with Gasteiger partial charge >= 0.3 is 7.12 Å². The van der Waals surface area contributed by atoms with Crippen LogP contribution in [0.5, 0.6) is 0 Å². The van der Waals surface area contributed by atoms with Gasteiger partial charge in [-0.2, -0.15) is 0 Å². The molecule has 9 heteroatoms. The number of aryl methyl sites for hydroxylation is 1. The molecule has 42 heavy (non-hydrogen) atoms. The second kappa shape index (κ2) is 11.3. The lowest BCUT2D eigenvalue weighted by molar-refractivity contribution is -0.199. The van der Waals surface area contributed by atoms with Crippen LogP contribution in [-0.4, -0.2) is 52.6 Å². The molecule has 4 fully saturated rings. The molecular weight excluding hydrogens is 527 g/mol. The Morgan fingerprint density at radius 1 is 0.976 bits per heavy atom. The third-order valence-electron chi connectivity index (χ3n) is 9.90. The number of nitrogens with one attached hydrogen (secondary N) is 2. The van der Waals surface area contributed by atoms with E-state index >= 15 is 0 Å². The van der Waals surface area contributed by atoms with Gasteiger partial charge in [0.15, 0.2) is 0 Å². The molecule has 3 aliphatic carbocycles. The van der Waals surface area contributed by atoms with E-state index in [4.69, 9.17) is 9.31 Å². The fourth-order valence-electron chi connectivity index (χ4n) is 7.26. The first-order valence-corrected chi connectivity index (χ1v) is 14.9. The predicted octanol–water partition coefficient (Wildman–Crippen LogP) is 4.12. The first kappa shape index (κ1) is 28.6. The molecular formula is C33H39BN4O4. The Morgan fingerprint density at radius 2 is 1.71 bits per heavy atom. The van der Waals surface area contributed by atoms with E-state index in [2.05, 4.69) is 72.6 Å². The normalized spacial score (nSPS) is 26.9. The Bertz CT molecular complexity index is 1420. The molecule has 0 radical (unpaired) electrons. The number of rotatable bonds is 9. The quantitative estimate of drug-likeness (QED) is 0.378. The maximum atomic E-state index is 14.0. The highest BCUT2D eigenvalue weighted by Gasteiger charge is 2.68. The molecule has 2 aromatic carbocycles. The minimum atomic E-state index is -0.839. The van der Waals surface area contributed by atoms with E-state index in [1.54, 1.807) is 0 Å². The molecule has 2 amide bonds. The lowest BCUT2D eigenvalue weighted by Gasteiger charge is -2.64. The molecule has 1 saturated heterocycles. The van der Waals surface area contributed by atoms with Crippen LogP contribution < -0.4 is 10.6 Å². The molecule has 6 atom stereocenters. The summed E-state index contributed by atoms with van der Waals surface area (Å²) < 4.78 is 13.4. The molecule has 1 aromatic heterocycles.